The molecular weight excluding hydrogens is 254 g/mol. The first-order valence-corrected chi connectivity index (χ1v) is 7.09. The summed E-state index contributed by atoms with van der Waals surface area (Å²) in [5, 5.41) is 5.16. The van der Waals surface area contributed by atoms with Crippen molar-refractivity contribution in [2.24, 2.45) is 0 Å². The standard InChI is InChI=1S/C11H11N3O3S/c1-18(16,17)13-11(15)8-14-7-6-9-4-2-3-5-10(9)12-14/h2-7H,8H2,1H3/p+1. The molecule has 0 saturated heterocycles. The summed E-state index contributed by atoms with van der Waals surface area (Å²) < 4.78 is 25.0. The molecule has 1 heterocycles. The number of amides is 1. The maximum absolute atomic E-state index is 11.4. The van der Waals surface area contributed by atoms with Gasteiger partial charge in [-0.15, -0.1) is 0 Å². The molecule has 1 amide bonds. The number of carbonyl (C=O) groups is 1. The maximum atomic E-state index is 11.4. The van der Waals surface area contributed by atoms with Crippen LogP contribution in [0.5, 0.6) is 0 Å². The highest BCUT2D eigenvalue weighted by Crippen LogP contribution is 2.06. The predicted octanol–water partition coefficient (Wildman–Crippen LogP) is -0.402. The third kappa shape index (κ3) is 3.24. The molecule has 0 unspecified atom stereocenters. The Labute approximate surface area is 104 Å². The fourth-order valence-electron chi connectivity index (χ4n) is 1.53. The Balaban J connectivity index is 2.20. The first-order valence-electron chi connectivity index (χ1n) is 5.20. The van der Waals surface area contributed by atoms with E-state index in [4.69, 9.17) is 0 Å². The van der Waals surface area contributed by atoms with Gasteiger partial charge in [-0.05, 0) is 6.07 Å². The van der Waals surface area contributed by atoms with Crippen LogP contribution in [0.2, 0.25) is 0 Å². The van der Waals surface area contributed by atoms with Crippen molar-refractivity contribution < 1.29 is 17.9 Å². The molecule has 94 valence electrons. The number of hydrogen-bond acceptors (Lipinski definition) is 4. The second-order valence-corrected chi connectivity index (χ2v) is 5.62. The minimum absolute atomic E-state index is 0.141. The van der Waals surface area contributed by atoms with Gasteiger partial charge in [-0.25, -0.2) is 13.1 Å². The highest BCUT2D eigenvalue weighted by molar-refractivity contribution is 7.89. The molecule has 7 heteroatoms. The van der Waals surface area contributed by atoms with E-state index in [1.807, 2.05) is 35.1 Å². The Bertz CT molecular complexity index is 698. The molecule has 0 atom stereocenters. The molecule has 6 nitrogen and oxygen atoms in total. The molecule has 1 aromatic heterocycles. The number of fused-ring (bicyclic) bond motifs is 1. The van der Waals surface area contributed by atoms with Crippen molar-refractivity contribution in [2.45, 2.75) is 6.54 Å². The number of nitrogens with zero attached hydrogens (tertiary/aromatic N) is 2. The van der Waals surface area contributed by atoms with Gasteiger partial charge in [0.1, 0.15) is 5.52 Å². The van der Waals surface area contributed by atoms with Gasteiger partial charge in [0.25, 0.3) is 6.54 Å². The van der Waals surface area contributed by atoms with Crippen molar-refractivity contribution in [2.75, 3.05) is 6.26 Å². The van der Waals surface area contributed by atoms with Crippen LogP contribution in [0.25, 0.3) is 10.9 Å². The number of hydrogen-bond donors (Lipinski definition) is 1. The monoisotopic (exact) mass is 266 g/mol. The maximum Gasteiger partial charge on any atom is 0.301 e. The van der Waals surface area contributed by atoms with Crippen LogP contribution in [-0.2, 0) is 21.4 Å². The minimum Gasteiger partial charge on any atom is -0.266 e. The quantitative estimate of drug-likeness (QED) is 0.766. The van der Waals surface area contributed by atoms with E-state index in [1.54, 1.807) is 6.20 Å². The van der Waals surface area contributed by atoms with Crippen LogP contribution in [0.15, 0.2) is 36.5 Å². The molecule has 2 aromatic rings. The molecule has 0 spiro atoms. The minimum atomic E-state index is -3.53. The Kier molecular flexibility index (Phi) is 3.24. The van der Waals surface area contributed by atoms with Crippen LogP contribution in [0, 0.1) is 0 Å². The SMILES string of the molecule is CS(=O)(=O)NC(=O)C[n+]1ccc2ccccc2n1. The average molecular weight is 266 g/mol. The molecule has 0 aliphatic rings. The van der Waals surface area contributed by atoms with Gasteiger partial charge < -0.3 is 0 Å². The van der Waals surface area contributed by atoms with Crippen molar-refractivity contribution in [3.05, 3.63) is 36.5 Å². The van der Waals surface area contributed by atoms with Crippen molar-refractivity contribution in [1.82, 2.24) is 9.82 Å². The van der Waals surface area contributed by atoms with Gasteiger partial charge in [-0.2, -0.15) is 0 Å². The second kappa shape index (κ2) is 4.69. The molecule has 0 saturated carbocycles. The van der Waals surface area contributed by atoms with Gasteiger partial charge in [0, 0.05) is 16.6 Å². The predicted molar refractivity (Wildman–Crippen MR) is 64.9 cm³/mol. The van der Waals surface area contributed by atoms with Crippen LogP contribution >= 0.6 is 0 Å². The van der Waals surface area contributed by atoms with Gasteiger partial charge in [0.15, 0.2) is 6.20 Å². The molecule has 1 aromatic carbocycles. The fourth-order valence-corrected chi connectivity index (χ4v) is 2.01. The van der Waals surface area contributed by atoms with E-state index in [2.05, 4.69) is 5.10 Å². The van der Waals surface area contributed by atoms with Crippen LogP contribution in [0.1, 0.15) is 0 Å². The third-order valence-corrected chi connectivity index (χ3v) is 2.80. The molecule has 0 fully saturated rings. The molecule has 0 radical (unpaired) electrons. The molecular formula is C11H12N3O3S+. The second-order valence-electron chi connectivity index (χ2n) is 3.87. The Morgan fingerprint density at radius 2 is 2.06 bits per heavy atom. The summed E-state index contributed by atoms with van der Waals surface area (Å²) >= 11 is 0. The van der Waals surface area contributed by atoms with E-state index in [1.165, 1.54) is 4.68 Å². The van der Waals surface area contributed by atoms with E-state index < -0.39 is 15.9 Å². The summed E-state index contributed by atoms with van der Waals surface area (Å²) in [7, 11) is -3.53. The molecule has 18 heavy (non-hydrogen) atoms. The van der Waals surface area contributed by atoms with Crippen molar-refractivity contribution in [3.8, 4) is 0 Å². The highest BCUT2D eigenvalue weighted by atomic mass is 32.2. The number of aromatic nitrogens is 2. The lowest BCUT2D eigenvalue weighted by Crippen LogP contribution is -2.46. The van der Waals surface area contributed by atoms with Crippen molar-refractivity contribution in [1.29, 1.82) is 0 Å². The lowest BCUT2D eigenvalue weighted by atomic mass is 10.2. The highest BCUT2D eigenvalue weighted by Gasteiger charge is 2.15. The van der Waals surface area contributed by atoms with Crippen LogP contribution in [0.4, 0.5) is 0 Å². The number of sulfonamides is 1. The topological polar surface area (TPSA) is 80.0 Å². The fraction of sp³-hybridized carbons (Fsp3) is 0.182. The lowest BCUT2D eigenvalue weighted by molar-refractivity contribution is -0.740. The number of benzene rings is 1. The van der Waals surface area contributed by atoms with E-state index in [-0.39, 0.29) is 6.54 Å². The van der Waals surface area contributed by atoms with Gasteiger partial charge in [-0.1, -0.05) is 22.9 Å². The zero-order valence-electron chi connectivity index (χ0n) is 9.70. The number of carbonyl (C=O) groups excluding carboxylic acids is 1. The Morgan fingerprint density at radius 3 is 2.78 bits per heavy atom. The van der Waals surface area contributed by atoms with Crippen molar-refractivity contribution >= 4 is 26.8 Å². The summed E-state index contributed by atoms with van der Waals surface area (Å²) in [5.74, 6) is -0.620. The first kappa shape index (κ1) is 12.4. The molecule has 1 N–H and O–H groups in total. The van der Waals surface area contributed by atoms with Crippen LogP contribution < -0.4 is 9.40 Å². The summed E-state index contributed by atoms with van der Waals surface area (Å²) in [6.45, 7) is -0.141. The zero-order chi connectivity index (χ0) is 13.2. The van der Waals surface area contributed by atoms with E-state index in [0.29, 0.717) is 0 Å². The Hall–Kier alpha value is -2.02. The Morgan fingerprint density at radius 1 is 1.33 bits per heavy atom. The molecule has 2 rings (SSSR count). The summed E-state index contributed by atoms with van der Waals surface area (Å²) in [6, 6.07) is 9.28. The average Bonchev–Trinajstić information content (AvgIpc) is 2.26. The number of nitrogens with one attached hydrogen (secondary N) is 1. The molecule has 0 bridgehead atoms. The van der Waals surface area contributed by atoms with E-state index in [9.17, 15) is 13.2 Å². The largest absolute Gasteiger partial charge is 0.301 e. The van der Waals surface area contributed by atoms with E-state index >= 15 is 0 Å². The van der Waals surface area contributed by atoms with Crippen LogP contribution in [-0.4, -0.2) is 25.7 Å². The summed E-state index contributed by atoms with van der Waals surface area (Å²) in [6.07, 6.45) is 2.56. The number of rotatable bonds is 3. The smallest absolute Gasteiger partial charge is 0.266 e. The van der Waals surface area contributed by atoms with Gasteiger partial charge in [0.05, 0.1) is 6.26 Å². The molecule has 0 aliphatic carbocycles. The normalized spacial score (nSPS) is 11.4. The lowest BCUT2D eigenvalue weighted by Gasteiger charge is -1.99. The summed E-state index contributed by atoms with van der Waals surface area (Å²) in [5.41, 5.74) is 0.743. The zero-order valence-corrected chi connectivity index (χ0v) is 10.5. The van der Waals surface area contributed by atoms with Crippen LogP contribution in [0.3, 0.4) is 0 Å². The van der Waals surface area contributed by atoms with Gasteiger partial charge in [-0.3, -0.25) is 4.79 Å². The first-order chi connectivity index (χ1) is 8.44. The van der Waals surface area contributed by atoms with Gasteiger partial charge in [0.2, 0.25) is 10.0 Å². The summed E-state index contributed by atoms with van der Waals surface area (Å²) in [4.78, 5) is 11.4. The van der Waals surface area contributed by atoms with Crippen molar-refractivity contribution in [3.63, 3.8) is 0 Å². The molecule has 0 aliphatic heterocycles. The third-order valence-electron chi connectivity index (χ3n) is 2.20. The van der Waals surface area contributed by atoms with E-state index in [0.717, 1.165) is 17.2 Å². The van der Waals surface area contributed by atoms with Gasteiger partial charge >= 0.3 is 5.91 Å².